The van der Waals surface area contributed by atoms with E-state index >= 15 is 0 Å². The largest absolute Gasteiger partial charge is 0.356 e. The number of aryl methyl sites for hydroxylation is 1. The Kier molecular flexibility index (Phi) is 12.3. The van der Waals surface area contributed by atoms with Gasteiger partial charge in [0.1, 0.15) is 12.2 Å². The summed E-state index contributed by atoms with van der Waals surface area (Å²) in [6.45, 7) is 6.86. The SMILES string of the molecule is CCCNC(=O)CCNC(=NC)NCCn1cnnc1CC.I. The molecule has 0 radical (unpaired) electrons. The van der Waals surface area contributed by atoms with E-state index < -0.39 is 0 Å². The van der Waals surface area contributed by atoms with Crippen LogP contribution in [0.15, 0.2) is 11.3 Å². The van der Waals surface area contributed by atoms with Gasteiger partial charge in [-0.2, -0.15) is 0 Å². The molecule has 1 heterocycles. The topological polar surface area (TPSA) is 96.2 Å². The third kappa shape index (κ3) is 8.72. The van der Waals surface area contributed by atoms with Crippen LogP contribution in [0.4, 0.5) is 0 Å². The summed E-state index contributed by atoms with van der Waals surface area (Å²) in [5.74, 6) is 1.72. The van der Waals surface area contributed by atoms with Crippen LogP contribution in [0.5, 0.6) is 0 Å². The third-order valence-electron chi connectivity index (χ3n) is 3.10. The zero-order chi connectivity index (χ0) is 16.2. The second kappa shape index (κ2) is 13.1. The Balaban J connectivity index is 0.00000484. The van der Waals surface area contributed by atoms with E-state index in [1.165, 1.54) is 0 Å². The van der Waals surface area contributed by atoms with Gasteiger partial charge in [0.15, 0.2) is 5.96 Å². The number of amides is 1. The van der Waals surface area contributed by atoms with Crippen molar-refractivity contribution in [2.24, 2.45) is 4.99 Å². The number of carbonyl (C=O) groups excluding carboxylic acids is 1. The van der Waals surface area contributed by atoms with Crippen LogP contribution in [0.2, 0.25) is 0 Å². The predicted molar refractivity (Wildman–Crippen MR) is 102 cm³/mol. The van der Waals surface area contributed by atoms with Crippen molar-refractivity contribution in [1.82, 2.24) is 30.7 Å². The molecule has 1 amide bonds. The van der Waals surface area contributed by atoms with Crippen LogP contribution >= 0.6 is 24.0 Å². The van der Waals surface area contributed by atoms with Gasteiger partial charge in [0, 0.05) is 46.1 Å². The van der Waals surface area contributed by atoms with E-state index in [0.29, 0.717) is 25.5 Å². The fourth-order valence-corrected chi connectivity index (χ4v) is 1.90. The van der Waals surface area contributed by atoms with Crippen molar-refractivity contribution >= 4 is 35.8 Å². The molecular formula is C14H28IN7O. The van der Waals surface area contributed by atoms with Gasteiger partial charge < -0.3 is 20.5 Å². The molecule has 132 valence electrons. The van der Waals surface area contributed by atoms with E-state index in [4.69, 9.17) is 0 Å². The van der Waals surface area contributed by atoms with Crippen LogP contribution in [0.3, 0.4) is 0 Å². The molecule has 0 aliphatic rings. The number of carbonyl (C=O) groups is 1. The minimum absolute atomic E-state index is 0. The zero-order valence-electron chi connectivity index (χ0n) is 14.1. The highest BCUT2D eigenvalue weighted by molar-refractivity contribution is 14.0. The van der Waals surface area contributed by atoms with E-state index in [1.807, 2.05) is 11.5 Å². The van der Waals surface area contributed by atoms with Crippen molar-refractivity contribution < 1.29 is 4.79 Å². The number of rotatable bonds is 9. The summed E-state index contributed by atoms with van der Waals surface area (Å²) < 4.78 is 2.01. The van der Waals surface area contributed by atoms with Crippen molar-refractivity contribution in [3.05, 3.63) is 12.2 Å². The molecule has 0 aromatic carbocycles. The fourth-order valence-electron chi connectivity index (χ4n) is 1.90. The Labute approximate surface area is 154 Å². The maximum atomic E-state index is 11.5. The molecule has 1 rings (SSSR count). The van der Waals surface area contributed by atoms with E-state index in [-0.39, 0.29) is 29.9 Å². The average Bonchev–Trinajstić information content (AvgIpc) is 2.98. The van der Waals surface area contributed by atoms with Gasteiger partial charge in [-0.1, -0.05) is 13.8 Å². The zero-order valence-corrected chi connectivity index (χ0v) is 16.5. The molecule has 0 fully saturated rings. The standard InChI is InChI=1S/C14H27N7O.HI/c1-4-7-16-13(22)6-8-17-14(15-3)18-9-10-21-11-19-20-12(21)5-2;/h11H,4-10H2,1-3H3,(H,16,22)(H2,15,17,18);1H. The summed E-state index contributed by atoms with van der Waals surface area (Å²) in [5.41, 5.74) is 0. The minimum atomic E-state index is 0. The molecule has 1 aromatic heterocycles. The van der Waals surface area contributed by atoms with Crippen molar-refractivity contribution in [3.63, 3.8) is 0 Å². The first-order valence-corrected chi connectivity index (χ1v) is 7.79. The van der Waals surface area contributed by atoms with Crippen LogP contribution in [0, 0.1) is 0 Å². The normalized spacial score (nSPS) is 10.8. The Morgan fingerprint density at radius 1 is 1.22 bits per heavy atom. The van der Waals surface area contributed by atoms with Gasteiger partial charge in [-0.25, -0.2) is 0 Å². The van der Waals surface area contributed by atoms with E-state index in [2.05, 4.69) is 38.1 Å². The number of aliphatic imine (C=N–C) groups is 1. The summed E-state index contributed by atoms with van der Waals surface area (Å²) in [7, 11) is 1.71. The Morgan fingerprint density at radius 3 is 2.61 bits per heavy atom. The molecule has 3 N–H and O–H groups in total. The molecule has 0 unspecified atom stereocenters. The molecule has 23 heavy (non-hydrogen) atoms. The van der Waals surface area contributed by atoms with Crippen molar-refractivity contribution in [1.29, 1.82) is 0 Å². The number of hydrogen-bond donors (Lipinski definition) is 3. The summed E-state index contributed by atoms with van der Waals surface area (Å²) >= 11 is 0. The number of halogens is 1. The van der Waals surface area contributed by atoms with Gasteiger partial charge in [0.2, 0.25) is 5.91 Å². The van der Waals surface area contributed by atoms with Crippen LogP contribution < -0.4 is 16.0 Å². The van der Waals surface area contributed by atoms with Crippen molar-refractivity contribution in [2.75, 3.05) is 26.7 Å². The maximum absolute atomic E-state index is 11.5. The third-order valence-corrected chi connectivity index (χ3v) is 3.10. The molecule has 8 nitrogen and oxygen atoms in total. The fraction of sp³-hybridized carbons (Fsp3) is 0.714. The highest BCUT2D eigenvalue weighted by Crippen LogP contribution is 1.94. The minimum Gasteiger partial charge on any atom is -0.356 e. The summed E-state index contributed by atoms with van der Waals surface area (Å²) in [6.07, 6.45) is 3.98. The maximum Gasteiger partial charge on any atom is 0.221 e. The first-order valence-electron chi connectivity index (χ1n) is 7.79. The molecule has 0 spiro atoms. The number of nitrogens with zero attached hydrogens (tertiary/aromatic N) is 4. The van der Waals surface area contributed by atoms with Crippen molar-refractivity contribution in [2.45, 2.75) is 39.7 Å². The number of aromatic nitrogens is 3. The van der Waals surface area contributed by atoms with Crippen LogP contribution in [-0.2, 0) is 17.8 Å². The summed E-state index contributed by atoms with van der Waals surface area (Å²) in [6, 6.07) is 0. The smallest absolute Gasteiger partial charge is 0.221 e. The van der Waals surface area contributed by atoms with Gasteiger partial charge in [-0.05, 0) is 6.42 Å². The monoisotopic (exact) mass is 437 g/mol. The Morgan fingerprint density at radius 2 is 1.96 bits per heavy atom. The second-order valence-electron chi connectivity index (χ2n) is 4.82. The molecule has 9 heteroatoms. The molecular weight excluding hydrogens is 409 g/mol. The van der Waals surface area contributed by atoms with Crippen LogP contribution in [-0.4, -0.2) is 53.3 Å². The van der Waals surface area contributed by atoms with Gasteiger partial charge in [-0.3, -0.25) is 9.79 Å². The molecule has 0 atom stereocenters. The number of nitrogens with one attached hydrogen (secondary N) is 3. The molecule has 0 aliphatic heterocycles. The highest BCUT2D eigenvalue weighted by atomic mass is 127. The quantitative estimate of drug-likeness (QED) is 0.298. The highest BCUT2D eigenvalue weighted by Gasteiger charge is 2.03. The molecule has 0 saturated heterocycles. The second-order valence-corrected chi connectivity index (χ2v) is 4.82. The van der Waals surface area contributed by atoms with Crippen molar-refractivity contribution in [3.8, 4) is 0 Å². The Bertz CT molecular complexity index is 475. The molecule has 0 aliphatic carbocycles. The average molecular weight is 437 g/mol. The lowest BCUT2D eigenvalue weighted by molar-refractivity contribution is -0.120. The predicted octanol–water partition coefficient (Wildman–Crippen LogP) is 0.540. The Hall–Kier alpha value is -1.39. The first kappa shape index (κ1) is 21.6. The number of hydrogen-bond acceptors (Lipinski definition) is 4. The number of guanidine groups is 1. The van der Waals surface area contributed by atoms with Crippen LogP contribution in [0.1, 0.15) is 32.5 Å². The van der Waals surface area contributed by atoms with Gasteiger partial charge in [0.05, 0.1) is 0 Å². The molecule has 1 aromatic rings. The molecule has 0 saturated carbocycles. The van der Waals surface area contributed by atoms with Gasteiger partial charge in [-0.15, -0.1) is 34.2 Å². The lowest BCUT2D eigenvalue weighted by Gasteiger charge is -2.12. The molecule has 0 bridgehead atoms. The van der Waals surface area contributed by atoms with Crippen LogP contribution in [0.25, 0.3) is 0 Å². The summed E-state index contributed by atoms with van der Waals surface area (Å²) in [4.78, 5) is 15.6. The first-order chi connectivity index (χ1) is 10.7. The van der Waals surface area contributed by atoms with E-state index in [9.17, 15) is 4.79 Å². The summed E-state index contributed by atoms with van der Waals surface area (Å²) in [5, 5.41) is 17.1. The van der Waals surface area contributed by atoms with Gasteiger partial charge in [0.25, 0.3) is 0 Å². The lowest BCUT2D eigenvalue weighted by Crippen LogP contribution is -2.40. The van der Waals surface area contributed by atoms with E-state index in [1.54, 1.807) is 13.4 Å². The van der Waals surface area contributed by atoms with Gasteiger partial charge >= 0.3 is 0 Å². The van der Waals surface area contributed by atoms with E-state index in [0.717, 1.165) is 31.8 Å². The lowest BCUT2D eigenvalue weighted by atomic mass is 10.4.